The molecule has 0 radical (unpaired) electrons. The van der Waals surface area contributed by atoms with Gasteiger partial charge in [-0.1, -0.05) is 100 Å². The molecule has 12 heteroatoms. The van der Waals surface area contributed by atoms with Crippen molar-refractivity contribution in [3.63, 3.8) is 0 Å². The van der Waals surface area contributed by atoms with Gasteiger partial charge in [-0.15, -0.1) is 12.4 Å². The van der Waals surface area contributed by atoms with E-state index >= 15 is 0 Å². The number of rotatable bonds is 18. The number of anilines is 1. The second-order valence-corrected chi connectivity index (χ2v) is 13.0. The number of nitrogens with two attached hydrogens (primary N) is 1. The van der Waals surface area contributed by atoms with E-state index in [4.69, 9.17) is 10.5 Å². The molecule has 4 atom stereocenters. The Morgan fingerprint density at radius 2 is 1.36 bits per heavy atom. The molecular weight excluding hydrogens is 658 g/mol. The molecule has 0 spiro atoms. The van der Waals surface area contributed by atoms with E-state index in [1.54, 1.807) is 38.1 Å². The number of aliphatic hydroxyl groups excluding tert-OH is 1. The fraction of sp³-hybridized carbons (Fsp3) is 0.421. The van der Waals surface area contributed by atoms with E-state index in [0.717, 1.165) is 16.7 Å². The van der Waals surface area contributed by atoms with Crippen molar-refractivity contribution in [1.82, 2.24) is 21.3 Å². The Labute approximate surface area is 301 Å². The van der Waals surface area contributed by atoms with Gasteiger partial charge in [-0.3, -0.25) is 14.4 Å². The van der Waals surface area contributed by atoms with Crippen molar-refractivity contribution < 1.29 is 29.0 Å². The molecule has 0 saturated carbocycles. The average Bonchev–Trinajstić information content (AvgIpc) is 3.07. The predicted molar refractivity (Wildman–Crippen MR) is 197 cm³/mol. The van der Waals surface area contributed by atoms with Crippen molar-refractivity contribution in [1.29, 1.82) is 0 Å². The quantitative estimate of drug-likeness (QED) is 0.107. The Morgan fingerprint density at radius 1 is 0.760 bits per heavy atom. The molecular formula is C38H52ClN5O6. The molecule has 11 nitrogen and oxygen atoms in total. The number of carbonyl (C=O) groups excluding carboxylic acids is 4. The van der Waals surface area contributed by atoms with E-state index in [1.165, 1.54) is 0 Å². The van der Waals surface area contributed by atoms with Gasteiger partial charge in [0.15, 0.2) is 0 Å². The molecule has 0 fully saturated rings. The SMILES string of the molecule is CC(C)C[C@H](NC(=O)[C@@H](NC(=O)[C@H](Cc1ccc(N)cc1)NC(=O)OCc1ccccc1)C(C)C)[C@@H](O)CC(=O)NCCc1ccccc1.Cl. The molecule has 3 rings (SSSR count). The number of nitrogens with one attached hydrogen (secondary N) is 4. The Bertz CT molecular complexity index is 1470. The van der Waals surface area contributed by atoms with Crippen LogP contribution in [0.15, 0.2) is 84.9 Å². The second-order valence-electron chi connectivity index (χ2n) is 13.0. The summed E-state index contributed by atoms with van der Waals surface area (Å²) in [5.74, 6) is -1.65. The van der Waals surface area contributed by atoms with Crippen molar-refractivity contribution in [2.24, 2.45) is 11.8 Å². The van der Waals surface area contributed by atoms with E-state index in [0.29, 0.717) is 25.1 Å². The normalized spacial score (nSPS) is 13.3. The molecule has 0 aliphatic carbocycles. The molecule has 0 aromatic heterocycles. The minimum Gasteiger partial charge on any atom is -0.445 e. The van der Waals surface area contributed by atoms with Crippen LogP contribution in [0.5, 0.6) is 0 Å². The molecule has 0 unspecified atom stereocenters. The summed E-state index contributed by atoms with van der Waals surface area (Å²) in [5.41, 5.74) is 9.01. The van der Waals surface area contributed by atoms with Crippen LogP contribution in [-0.2, 0) is 38.6 Å². The first-order valence-corrected chi connectivity index (χ1v) is 16.8. The number of carbonyl (C=O) groups is 4. The number of halogens is 1. The third-order valence-electron chi connectivity index (χ3n) is 7.98. The molecule has 0 heterocycles. The van der Waals surface area contributed by atoms with Gasteiger partial charge in [0, 0.05) is 18.7 Å². The van der Waals surface area contributed by atoms with Crippen LogP contribution in [0.2, 0.25) is 0 Å². The van der Waals surface area contributed by atoms with Gasteiger partial charge in [-0.2, -0.15) is 0 Å². The Balaban J connectivity index is 0.00000867. The molecule has 3 aromatic carbocycles. The summed E-state index contributed by atoms with van der Waals surface area (Å²) in [6.45, 7) is 7.92. The highest BCUT2D eigenvalue weighted by molar-refractivity contribution is 5.91. The highest BCUT2D eigenvalue weighted by atomic mass is 35.5. The summed E-state index contributed by atoms with van der Waals surface area (Å²) >= 11 is 0. The van der Waals surface area contributed by atoms with Crippen LogP contribution in [0.4, 0.5) is 10.5 Å². The van der Waals surface area contributed by atoms with Crippen LogP contribution in [-0.4, -0.2) is 59.7 Å². The fourth-order valence-corrected chi connectivity index (χ4v) is 5.28. The summed E-state index contributed by atoms with van der Waals surface area (Å²) in [6, 6.07) is 23.0. The number of amides is 4. The van der Waals surface area contributed by atoms with Gasteiger partial charge in [0.2, 0.25) is 17.7 Å². The number of alkyl carbamates (subject to hydrolysis) is 1. The van der Waals surface area contributed by atoms with Crippen molar-refractivity contribution in [2.45, 2.75) is 84.2 Å². The topological polar surface area (TPSA) is 172 Å². The largest absolute Gasteiger partial charge is 0.445 e. The predicted octanol–water partition coefficient (Wildman–Crippen LogP) is 4.31. The lowest BCUT2D eigenvalue weighted by atomic mass is 9.95. The maximum Gasteiger partial charge on any atom is 0.408 e. The first-order chi connectivity index (χ1) is 23.4. The summed E-state index contributed by atoms with van der Waals surface area (Å²) < 4.78 is 5.37. The van der Waals surface area contributed by atoms with Crippen LogP contribution < -0.4 is 27.0 Å². The Kier molecular flexibility index (Phi) is 17.8. The van der Waals surface area contributed by atoms with Crippen LogP contribution in [0.1, 0.15) is 57.2 Å². The summed E-state index contributed by atoms with van der Waals surface area (Å²) in [4.78, 5) is 52.8. The Morgan fingerprint density at radius 3 is 1.94 bits per heavy atom. The molecule has 0 saturated heterocycles. The summed E-state index contributed by atoms with van der Waals surface area (Å²) in [6.07, 6.45) is -0.934. The molecule has 0 aliphatic heterocycles. The van der Waals surface area contributed by atoms with Crippen molar-refractivity contribution >= 4 is 41.9 Å². The standard InChI is InChI=1S/C38H51N5O6.ClH/c1-25(2)21-31(33(44)23-34(45)40-20-19-27-11-7-5-8-12-27)41-37(47)35(26(3)4)43-36(46)32(22-28-15-17-30(39)18-16-28)42-38(48)49-24-29-13-9-6-10-14-29;/h5-18,25-26,31-33,35,44H,19-24,39H2,1-4H3,(H,40,45)(H,41,47)(H,42,48)(H,43,46);1H/t31-,32-,33-,35-;/m0./s1. The molecule has 0 bridgehead atoms. The van der Waals surface area contributed by atoms with Crippen LogP contribution in [0.3, 0.4) is 0 Å². The first kappa shape index (κ1) is 41.6. The average molecular weight is 710 g/mol. The highest BCUT2D eigenvalue weighted by Crippen LogP contribution is 2.14. The smallest absolute Gasteiger partial charge is 0.408 e. The number of ether oxygens (including phenoxy) is 1. The zero-order valence-electron chi connectivity index (χ0n) is 29.3. The number of nitrogen functional groups attached to an aromatic ring is 1. The zero-order valence-corrected chi connectivity index (χ0v) is 30.1. The van der Waals surface area contributed by atoms with Crippen LogP contribution >= 0.6 is 12.4 Å². The van der Waals surface area contributed by atoms with Gasteiger partial charge in [0.25, 0.3) is 0 Å². The third kappa shape index (κ3) is 14.9. The van der Waals surface area contributed by atoms with Gasteiger partial charge in [0.05, 0.1) is 18.6 Å². The van der Waals surface area contributed by atoms with E-state index in [1.807, 2.05) is 74.5 Å². The lowest BCUT2D eigenvalue weighted by Gasteiger charge is -2.30. The fourth-order valence-electron chi connectivity index (χ4n) is 5.28. The van der Waals surface area contributed by atoms with E-state index in [-0.39, 0.29) is 49.6 Å². The van der Waals surface area contributed by atoms with Gasteiger partial charge in [0.1, 0.15) is 18.7 Å². The van der Waals surface area contributed by atoms with E-state index in [2.05, 4.69) is 21.3 Å². The maximum atomic E-state index is 13.7. The molecule has 7 N–H and O–H groups in total. The minimum absolute atomic E-state index is 0. The van der Waals surface area contributed by atoms with Crippen molar-refractivity contribution in [3.8, 4) is 0 Å². The van der Waals surface area contributed by atoms with E-state index < -0.39 is 42.1 Å². The highest BCUT2D eigenvalue weighted by Gasteiger charge is 2.32. The number of hydrogen-bond donors (Lipinski definition) is 6. The molecule has 0 aliphatic rings. The monoisotopic (exact) mass is 709 g/mol. The summed E-state index contributed by atoms with van der Waals surface area (Å²) in [5, 5.41) is 22.2. The number of benzene rings is 3. The lowest BCUT2D eigenvalue weighted by Crippen LogP contribution is -2.58. The number of hydrogen-bond acceptors (Lipinski definition) is 7. The first-order valence-electron chi connectivity index (χ1n) is 16.8. The van der Waals surface area contributed by atoms with Crippen molar-refractivity contribution in [2.75, 3.05) is 12.3 Å². The molecule has 3 aromatic rings. The van der Waals surface area contributed by atoms with Crippen LogP contribution in [0, 0.1) is 11.8 Å². The second kappa shape index (κ2) is 21.5. The summed E-state index contributed by atoms with van der Waals surface area (Å²) in [7, 11) is 0. The molecule has 272 valence electrons. The van der Waals surface area contributed by atoms with Gasteiger partial charge < -0.3 is 36.8 Å². The van der Waals surface area contributed by atoms with Gasteiger partial charge in [-0.05, 0) is 53.5 Å². The van der Waals surface area contributed by atoms with Crippen molar-refractivity contribution in [3.05, 3.63) is 102 Å². The van der Waals surface area contributed by atoms with Gasteiger partial charge in [-0.25, -0.2) is 4.79 Å². The Hall–Kier alpha value is -4.61. The number of aliphatic hydroxyl groups is 1. The molecule has 4 amide bonds. The van der Waals surface area contributed by atoms with E-state index in [9.17, 15) is 24.3 Å². The van der Waals surface area contributed by atoms with Crippen LogP contribution in [0.25, 0.3) is 0 Å². The molecule has 50 heavy (non-hydrogen) atoms. The maximum absolute atomic E-state index is 13.7. The zero-order chi connectivity index (χ0) is 35.8. The minimum atomic E-state index is -1.15. The third-order valence-corrected chi connectivity index (χ3v) is 7.98. The van der Waals surface area contributed by atoms with Gasteiger partial charge >= 0.3 is 6.09 Å². The lowest BCUT2D eigenvalue weighted by molar-refractivity contribution is -0.132.